The average Bonchev–Trinajstić information content (AvgIpc) is 2.72. The Balaban J connectivity index is 1.67. The molecule has 1 heterocycles. The van der Waals surface area contributed by atoms with Gasteiger partial charge in [0.15, 0.2) is 0 Å². The fourth-order valence-electron chi connectivity index (χ4n) is 4.38. The van der Waals surface area contributed by atoms with Gasteiger partial charge < -0.3 is 21.1 Å². The van der Waals surface area contributed by atoms with E-state index in [0.29, 0.717) is 25.4 Å². The highest BCUT2D eigenvalue weighted by Gasteiger charge is 2.37. The van der Waals surface area contributed by atoms with Crippen molar-refractivity contribution in [2.24, 2.45) is 11.7 Å². The number of amides is 2. The van der Waals surface area contributed by atoms with Crippen molar-refractivity contribution in [1.82, 2.24) is 10.2 Å². The lowest BCUT2D eigenvalue weighted by molar-refractivity contribution is -0.144. The van der Waals surface area contributed by atoms with Gasteiger partial charge in [-0.1, -0.05) is 56.4 Å². The molecule has 1 saturated carbocycles. The molecule has 1 aromatic carbocycles. The predicted molar refractivity (Wildman–Crippen MR) is 108 cm³/mol. The summed E-state index contributed by atoms with van der Waals surface area (Å²) in [5.74, 6) is 0.191. The van der Waals surface area contributed by atoms with Crippen LogP contribution in [0.15, 0.2) is 24.3 Å². The minimum absolute atomic E-state index is 0.128. The number of carbonyl (C=O) groups is 2. The second-order valence-electron chi connectivity index (χ2n) is 8.30. The molecule has 1 aliphatic heterocycles. The summed E-state index contributed by atoms with van der Waals surface area (Å²) in [7, 11) is 0. The molecule has 3 rings (SSSR count). The lowest BCUT2D eigenvalue weighted by Gasteiger charge is -2.37. The zero-order chi connectivity index (χ0) is 20.1. The van der Waals surface area contributed by atoms with E-state index in [1.165, 1.54) is 43.9 Å². The highest BCUT2D eigenvalue weighted by atomic mass is 16.3. The molecule has 0 spiro atoms. The van der Waals surface area contributed by atoms with Crippen LogP contribution in [0.1, 0.15) is 56.6 Å². The maximum absolute atomic E-state index is 12.9. The van der Waals surface area contributed by atoms with Crippen molar-refractivity contribution >= 4 is 11.8 Å². The summed E-state index contributed by atoms with van der Waals surface area (Å²) in [6.45, 7) is 2.49. The Morgan fingerprint density at radius 3 is 2.57 bits per heavy atom. The number of nitrogens with one attached hydrogen (secondary N) is 1. The zero-order valence-electron chi connectivity index (χ0n) is 16.8. The average molecular weight is 388 g/mol. The third-order valence-corrected chi connectivity index (χ3v) is 6.22. The van der Waals surface area contributed by atoms with Crippen LogP contribution in [0.25, 0.3) is 0 Å². The van der Waals surface area contributed by atoms with Crippen molar-refractivity contribution in [3.05, 3.63) is 35.4 Å². The van der Waals surface area contributed by atoms with E-state index in [9.17, 15) is 14.7 Å². The Labute approximate surface area is 167 Å². The number of hydrogen-bond donors (Lipinski definition) is 3. The summed E-state index contributed by atoms with van der Waals surface area (Å²) < 4.78 is 0. The van der Waals surface area contributed by atoms with E-state index in [-0.39, 0.29) is 11.8 Å². The molecule has 2 aliphatic rings. The maximum atomic E-state index is 12.9. The molecule has 3 atom stereocenters. The Hall–Kier alpha value is -1.92. The van der Waals surface area contributed by atoms with E-state index >= 15 is 0 Å². The van der Waals surface area contributed by atoms with Crippen LogP contribution in [0.2, 0.25) is 0 Å². The number of hydrogen-bond acceptors (Lipinski definition) is 4. The van der Waals surface area contributed by atoms with E-state index < -0.39 is 18.2 Å². The largest absolute Gasteiger partial charge is 0.391 e. The van der Waals surface area contributed by atoms with Crippen molar-refractivity contribution in [1.29, 1.82) is 0 Å². The van der Waals surface area contributed by atoms with Crippen LogP contribution in [0, 0.1) is 5.92 Å². The number of fused-ring (bicyclic) bond motifs is 1. The molecule has 6 heteroatoms. The molecule has 0 bridgehead atoms. The highest BCUT2D eigenvalue weighted by Crippen LogP contribution is 2.26. The van der Waals surface area contributed by atoms with E-state index in [4.69, 9.17) is 5.73 Å². The second-order valence-corrected chi connectivity index (χ2v) is 8.30. The first-order valence-electron chi connectivity index (χ1n) is 10.6. The number of benzene rings is 1. The summed E-state index contributed by atoms with van der Waals surface area (Å²) in [5.41, 5.74) is 8.01. The van der Waals surface area contributed by atoms with Gasteiger partial charge in [0.25, 0.3) is 0 Å². The fraction of sp³-hybridized carbons (Fsp3) is 0.636. The van der Waals surface area contributed by atoms with Crippen molar-refractivity contribution in [2.75, 3.05) is 6.54 Å². The van der Waals surface area contributed by atoms with Gasteiger partial charge in [-0.25, -0.2) is 0 Å². The van der Waals surface area contributed by atoms with Gasteiger partial charge in [-0.05, 0) is 30.4 Å². The maximum Gasteiger partial charge on any atom is 0.243 e. The number of nitrogens with two attached hydrogens (primary N) is 1. The van der Waals surface area contributed by atoms with Crippen LogP contribution in [0.4, 0.5) is 0 Å². The molecular weight excluding hydrogens is 354 g/mol. The van der Waals surface area contributed by atoms with Crippen molar-refractivity contribution in [3.8, 4) is 0 Å². The fourth-order valence-corrected chi connectivity index (χ4v) is 4.38. The van der Waals surface area contributed by atoms with Gasteiger partial charge in [0, 0.05) is 19.5 Å². The molecule has 154 valence electrons. The van der Waals surface area contributed by atoms with Crippen LogP contribution in [-0.4, -0.2) is 46.6 Å². The molecular formula is C22H33N3O3. The van der Waals surface area contributed by atoms with Crippen LogP contribution < -0.4 is 11.1 Å². The number of nitrogens with zero attached hydrogens (tertiary/aromatic N) is 1. The SMILES string of the molecule is C[C@@H](O)[C@H](N)C(=O)N1Cc2ccccc2C[C@H]1C(=O)NCCC1CCCCC1. The predicted octanol–water partition coefficient (Wildman–Crippen LogP) is 1.73. The first kappa shape index (κ1) is 20.8. The quantitative estimate of drug-likeness (QED) is 0.693. The highest BCUT2D eigenvalue weighted by molar-refractivity contribution is 5.90. The van der Waals surface area contributed by atoms with E-state index in [2.05, 4.69) is 5.32 Å². The van der Waals surface area contributed by atoms with E-state index in [1.54, 1.807) is 0 Å². The van der Waals surface area contributed by atoms with Crippen molar-refractivity contribution < 1.29 is 14.7 Å². The normalized spacial score (nSPS) is 22.2. The molecule has 0 unspecified atom stereocenters. The summed E-state index contributed by atoms with van der Waals surface area (Å²) in [6.07, 6.45) is 6.92. The first-order valence-corrected chi connectivity index (χ1v) is 10.6. The summed E-state index contributed by atoms with van der Waals surface area (Å²) in [6, 6.07) is 6.26. The second kappa shape index (κ2) is 9.52. The van der Waals surface area contributed by atoms with Gasteiger partial charge >= 0.3 is 0 Å². The van der Waals surface area contributed by atoms with Crippen molar-refractivity contribution in [2.45, 2.75) is 76.6 Å². The number of aliphatic hydroxyl groups excluding tert-OH is 1. The molecule has 1 aliphatic carbocycles. The lowest BCUT2D eigenvalue weighted by atomic mass is 9.87. The molecule has 0 aromatic heterocycles. The first-order chi connectivity index (χ1) is 13.5. The number of carbonyl (C=O) groups excluding carboxylic acids is 2. The van der Waals surface area contributed by atoms with Gasteiger partial charge in [-0.15, -0.1) is 0 Å². The lowest BCUT2D eigenvalue weighted by Crippen LogP contribution is -2.58. The molecule has 4 N–H and O–H groups in total. The standard InChI is InChI=1S/C22H33N3O3/c1-15(26)20(23)22(28)25-14-18-10-6-5-9-17(18)13-19(25)21(27)24-12-11-16-7-3-2-4-8-16/h5-6,9-10,15-16,19-20,26H,2-4,7-8,11-14,23H2,1H3,(H,24,27)/t15-,19+,20+/m1/s1. The van der Waals surface area contributed by atoms with E-state index in [0.717, 1.165) is 17.5 Å². The zero-order valence-corrected chi connectivity index (χ0v) is 16.8. The van der Waals surface area contributed by atoms with Crippen LogP contribution >= 0.6 is 0 Å². The molecule has 1 fully saturated rings. The Morgan fingerprint density at radius 1 is 1.21 bits per heavy atom. The van der Waals surface area contributed by atoms with Gasteiger partial charge in [0.1, 0.15) is 12.1 Å². The topological polar surface area (TPSA) is 95.7 Å². The Kier molecular flexibility index (Phi) is 7.08. The minimum Gasteiger partial charge on any atom is -0.391 e. The molecule has 0 radical (unpaired) electrons. The van der Waals surface area contributed by atoms with Crippen molar-refractivity contribution in [3.63, 3.8) is 0 Å². The summed E-state index contributed by atoms with van der Waals surface area (Å²) in [4.78, 5) is 27.3. The third-order valence-electron chi connectivity index (χ3n) is 6.22. The number of rotatable bonds is 6. The van der Waals surface area contributed by atoms with Gasteiger partial charge in [-0.3, -0.25) is 9.59 Å². The summed E-state index contributed by atoms with van der Waals surface area (Å²) in [5, 5.41) is 12.8. The summed E-state index contributed by atoms with van der Waals surface area (Å²) >= 11 is 0. The smallest absolute Gasteiger partial charge is 0.243 e. The molecule has 28 heavy (non-hydrogen) atoms. The van der Waals surface area contributed by atoms with E-state index in [1.807, 2.05) is 24.3 Å². The van der Waals surface area contributed by atoms with Crippen LogP contribution in [0.3, 0.4) is 0 Å². The minimum atomic E-state index is -1.03. The molecule has 0 saturated heterocycles. The van der Waals surface area contributed by atoms with Gasteiger partial charge in [-0.2, -0.15) is 0 Å². The monoisotopic (exact) mass is 387 g/mol. The third kappa shape index (κ3) is 4.92. The molecule has 2 amide bonds. The molecule has 6 nitrogen and oxygen atoms in total. The molecule has 1 aromatic rings. The Bertz CT molecular complexity index is 685. The number of aliphatic hydroxyl groups is 1. The van der Waals surface area contributed by atoms with Gasteiger partial charge in [0.05, 0.1) is 6.10 Å². The van der Waals surface area contributed by atoms with Gasteiger partial charge in [0.2, 0.25) is 11.8 Å². The Morgan fingerprint density at radius 2 is 1.89 bits per heavy atom. The van der Waals surface area contributed by atoms with Crippen LogP contribution in [0.5, 0.6) is 0 Å². The van der Waals surface area contributed by atoms with Crippen LogP contribution in [-0.2, 0) is 22.6 Å².